The highest BCUT2D eigenvalue weighted by molar-refractivity contribution is 9.11. The standard InChI is InChI=1S/C13H9BrN2OS2/c14-11-7-6-10(19-11)13-16-15-12(17-13)8-18-9-4-2-1-3-5-9/h1-7H,8H2. The van der Waals surface area contributed by atoms with Crippen LogP contribution in [0.15, 0.2) is 55.6 Å². The van der Waals surface area contributed by atoms with Crippen LogP contribution in [0.3, 0.4) is 0 Å². The van der Waals surface area contributed by atoms with E-state index < -0.39 is 0 Å². The molecule has 0 aliphatic heterocycles. The lowest BCUT2D eigenvalue weighted by atomic mass is 10.4. The number of hydrogen-bond donors (Lipinski definition) is 0. The first-order valence-corrected chi connectivity index (χ1v) is 8.17. The Labute approximate surface area is 127 Å². The summed E-state index contributed by atoms with van der Waals surface area (Å²) in [5, 5.41) is 8.14. The van der Waals surface area contributed by atoms with E-state index in [0.29, 0.717) is 17.5 Å². The van der Waals surface area contributed by atoms with Crippen LogP contribution in [-0.4, -0.2) is 10.2 Å². The van der Waals surface area contributed by atoms with Gasteiger partial charge in [-0.2, -0.15) is 0 Å². The van der Waals surface area contributed by atoms with Crippen LogP contribution < -0.4 is 0 Å². The van der Waals surface area contributed by atoms with E-state index in [1.54, 1.807) is 23.1 Å². The minimum atomic E-state index is 0.583. The van der Waals surface area contributed by atoms with Crippen LogP contribution in [-0.2, 0) is 5.75 Å². The molecule has 19 heavy (non-hydrogen) atoms. The second-order valence-corrected chi connectivity index (χ2v) is 7.22. The Morgan fingerprint density at radius 1 is 1.11 bits per heavy atom. The number of aromatic nitrogens is 2. The van der Waals surface area contributed by atoms with Crippen molar-refractivity contribution >= 4 is 39.0 Å². The molecule has 0 aliphatic rings. The van der Waals surface area contributed by atoms with Crippen LogP contribution in [0.1, 0.15) is 5.89 Å². The Morgan fingerprint density at radius 3 is 2.68 bits per heavy atom. The first-order chi connectivity index (χ1) is 9.31. The number of nitrogens with zero attached hydrogens (tertiary/aromatic N) is 2. The second-order valence-electron chi connectivity index (χ2n) is 3.71. The third kappa shape index (κ3) is 3.26. The summed E-state index contributed by atoms with van der Waals surface area (Å²) in [5.74, 6) is 1.91. The first-order valence-electron chi connectivity index (χ1n) is 5.57. The van der Waals surface area contributed by atoms with Crippen molar-refractivity contribution < 1.29 is 4.42 Å². The molecule has 0 fully saturated rings. The van der Waals surface area contributed by atoms with Crippen molar-refractivity contribution in [3.05, 3.63) is 52.1 Å². The average molecular weight is 353 g/mol. The van der Waals surface area contributed by atoms with Gasteiger partial charge in [0, 0.05) is 4.90 Å². The topological polar surface area (TPSA) is 38.9 Å². The molecule has 1 aromatic carbocycles. The minimum absolute atomic E-state index is 0.583. The van der Waals surface area contributed by atoms with Gasteiger partial charge in [0.2, 0.25) is 5.89 Å². The summed E-state index contributed by atoms with van der Waals surface area (Å²) in [6, 6.07) is 14.1. The molecule has 96 valence electrons. The molecule has 0 atom stereocenters. The zero-order valence-corrected chi connectivity index (χ0v) is 13.0. The predicted molar refractivity (Wildman–Crippen MR) is 81.3 cm³/mol. The van der Waals surface area contributed by atoms with Gasteiger partial charge >= 0.3 is 0 Å². The molecule has 0 spiro atoms. The molecule has 3 aromatic rings. The second kappa shape index (κ2) is 5.90. The molecule has 0 amide bonds. The van der Waals surface area contributed by atoms with Crippen molar-refractivity contribution in [2.24, 2.45) is 0 Å². The van der Waals surface area contributed by atoms with E-state index in [0.717, 1.165) is 8.66 Å². The van der Waals surface area contributed by atoms with Crippen molar-refractivity contribution in [3.8, 4) is 10.8 Å². The summed E-state index contributed by atoms with van der Waals surface area (Å²) in [6.07, 6.45) is 0. The lowest BCUT2D eigenvalue weighted by molar-refractivity contribution is 0.529. The van der Waals surface area contributed by atoms with E-state index in [1.165, 1.54) is 4.90 Å². The smallest absolute Gasteiger partial charge is 0.257 e. The largest absolute Gasteiger partial charge is 0.419 e. The molecule has 0 bridgehead atoms. The summed E-state index contributed by atoms with van der Waals surface area (Å²) in [5.41, 5.74) is 0. The Hall–Kier alpha value is -1.11. The molecule has 6 heteroatoms. The molecule has 0 N–H and O–H groups in total. The van der Waals surface area contributed by atoms with E-state index in [1.807, 2.05) is 30.3 Å². The highest BCUT2D eigenvalue weighted by Crippen LogP contribution is 2.31. The molecule has 0 saturated carbocycles. The Balaban J connectivity index is 1.68. The van der Waals surface area contributed by atoms with Crippen LogP contribution in [0.5, 0.6) is 0 Å². The summed E-state index contributed by atoms with van der Waals surface area (Å²) in [4.78, 5) is 2.18. The van der Waals surface area contributed by atoms with Crippen LogP contribution in [0.4, 0.5) is 0 Å². The number of halogens is 1. The molecule has 0 unspecified atom stereocenters. The van der Waals surface area contributed by atoms with Gasteiger partial charge in [0.25, 0.3) is 5.89 Å². The number of thiophene rings is 1. The Kier molecular flexibility index (Phi) is 4.00. The van der Waals surface area contributed by atoms with Crippen molar-refractivity contribution in [3.63, 3.8) is 0 Å². The highest BCUT2D eigenvalue weighted by Gasteiger charge is 2.10. The zero-order valence-electron chi connectivity index (χ0n) is 9.75. The third-order valence-corrected chi connectivity index (χ3v) is 4.96. The summed E-state index contributed by atoms with van der Waals surface area (Å²) in [6.45, 7) is 0. The van der Waals surface area contributed by atoms with Crippen LogP contribution in [0, 0.1) is 0 Å². The normalized spacial score (nSPS) is 10.8. The average Bonchev–Trinajstić information content (AvgIpc) is 3.06. The molecular formula is C13H9BrN2OS2. The SMILES string of the molecule is Brc1ccc(-c2nnc(CSc3ccccc3)o2)s1. The van der Waals surface area contributed by atoms with Crippen molar-refractivity contribution in [1.82, 2.24) is 10.2 Å². The van der Waals surface area contributed by atoms with Gasteiger partial charge in [0.15, 0.2) is 0 Å². The molecule has 2 heterocycles. The van der Waals surface area contributed by atoms with Crippen LogP contribution in [0.25, 0.3) is 10.8 Å². The van der Waals surface area contributed by atoms with E-state index >= 15 is 0 Å². The van der Waals surface area contributed by atoms with Gasteiger partial charge in [0.1, 0.15) is 0 Å². The number of thioether (sulfide) groups is 1. The molecule has 2 aromatic heterocycles. The number of benzene rings is 1. The van der Waals surface area contributed by atoms with E-state index in [4.69, 9.17) is 4.42 Å². The van der Waals surface area contributed by atoms with Gasteiger partial charge in [-0.1, -0.05) is 18.2 Å². The van der Waals surface area contributed by atoms with E-state index in [-0.39, 0.29) is 0 Å². The van der Waals surface area contributed by atoms with Gasteiger partial charge in [-0.15, -0.1) is 33.3 Å². The van der Waals surface area contributed by atoms with Crippen molar-refractivity contribution in [2.45, 2.75) is 10.6 Å². The molecule has 0 radical (unpaired) electrons. The van der Waals surface area contributed by atoms with Crippen LogP contribution in [0.2, 0.25) is 0 Å². The molecule has 0 saturated heterocycles. The van der Waals surface area contributed by atoms with E-state index in [9.17, 15) is 0 Å². The monoisotopic (exact) mass is 352 g/mol. The van der Waals surface area contributed by atoms with Gasteiger partial charge in [-0.05, 0) is 40.2 Å². The quantitative estimate of drug-likeness (QED) is 0.629. The number of rotatable bonds is 4. The number of hydrogen-bond acceptors (Lipinski definition) is 5. The van der Waals surface area contributed by atoms with Crippen molar-refractivity contribution in [2.75, 3.05) is 0 Å². The van der Waals surface area contributed by atoms with Crippen LogP contribution >= 0.6 is 39.0 Å². The lowest BCUT2D eigenvalue weighted by Gasteiger charge is -1.96. The molecule has 3 rings (SSSR count). The maximum absolute atomic E-state index is 5.65. The van der Waals surface area contributed by atoms with Gasteiger partial charge < -0.3 is 4.42 Å². The zero-order chi connectivity index (χ0) is 13.1. The fourth-order valence-corrected chi connectivity index (χ4v) is 3.57. The van der Waals surface area contributed by atoms with Gasteiger partial charge in [-0.3, -0.25) is 0 Å². The Bertz CT molecular complexity index is 666. The summed E-state index contributed by atoms with van der Waals surface area (Å²) in [7, 11) is 0. The fourth-order valence-electron chi connectivity index (χ4n) is 1.50. The van der Waals surface area contributed by atoms with Gasteiger partial charge in [-0.25, -0.2) is 0 Å². The summed E-state index contributed by atoms with van der Waals surface area (Å²) >= 11 is 6.69. The maximum atomic E-state index is 5.65. The van der Waals surface area contributed by atoms with E-state index in [2.05, 4.69) is 38.3 Å². The van der Waals surface area contributed by atoms with Gasteiger partial charge in [0.05, 0.1) is 14.4 Å². The third-order valence-electron chi connectivity index (χ3n) is 2.36. The fraction of sp³-hybridized carbons (Fsp3) is 0.0769. The van der Waals surface area contributed by atoms with Crippen molar-refractivity contribution in [1.29, 1.82) is 0 Å². The highest BCUT2D eigenvalue weighted by atomic mass is 79.9. The minimum Gasteiger partial charge on any atom is -0.419 e. The molecule has 3 nitrogen and oxygen atoms in total. The summed E-state index contributed by atoms with van der Waals surface area (Å²) < 4.78 is 6.71. The lowest BCUT2D eigenvalue weighted by Crippen LogP contribution is -1.79. The molecule has 0 aliphatic carbocycles. The predicted octanol–water partition coefficient (Wildman–Crippen LogP) is 4.85. The maximum Gasteiger partial charge on any atom is 0.257 e. The first kappa shape index (κ1) is 12.9. The molecular weight excluding hydrogens is 344 g/mol. The Morgan fingerprint density at radius 2 is 1.95 bits per heavy atom.